The largest absolute Gasteiger partial charge is 0.259 e. The predicted octanol–water partition coefficient (Wildman–Crippen LogP) is 5.25. The number of aliphatic imine (C=N–C) groups is 1. The smallest absolute Gasteiger partial charge is 0.249 e. The second-order valence-electron chi connectivity index (χ2n) is 6.03. The van der Waals surface area contributed by atoms with E-state index in [1.807, 2.05) is 13.0 Å². The Kier molecular flexibility index (Phi) is 5.94. The maximum atomic E-state index is 13.0. The number of hydrogen-bond acceptors (Lipinski definition) is 2. The second-order valence-corrected chi connectivity index (χ2v) is 6.03. The Hall–Kier alpha value is -1.84. The molecule has 0 saturated heterocycles. The van der Waals surface area contributed by atoms with E-state index in [0.717, 1.165) is 24.5 Å². The summed E-state index contributed by atoms with van der Waals surface area (Å²) in [5.41, 5.74) is 1.44. The fourth-order valence-electron chi connectivity index (χ4n) is 2.02. The van der Waals surface area contributed by atoms with Gasteiger partial charge in [0.15, 0.2) is 5.82 Å². The van der Waals surface area contributed by atoms with Crippen LogP contribution < -0.4 is 0 Å². The lowest BCUT2D eigenvalue weighted by Crippen LogP contribution is -2.14. The average Bonchev–Trinajstić information content (AvgIpc) is 2.39. The monoisotopic (exact) mass is 292 g/mol. The fraction of sp³-hybridized carbons (Fsp3) is 0.412. The highest BCUT2D eigenvalue weighted by atomic mass is 19.2. The van der Waals surface area contributed by atoms with Gasteiger partial charge < -0.3 is 0 Å². The second kappa shape index (κ2) is 7.25. The van der Waals surface area contributed by atoms with Crippen LogP contribution in [-0.2, 0) is 0 Å². The molecule has 0 saturated carbocycles. The first-order valence-corrected chi connectivity index (χ1v) is 6.89. The Labute approximate surface area is 125 Å². The number of allylic oxidation sites excluding steroid dienone is 2. The molecule has 1 heterocycles. The van der Waals surface area contributed by atoms with Gasteiger partial charge in [-0.1, -0.05) is 39.0 Å². The van der Waals surface area contributed by atoms with E-state index in [-0.39, 0.29) is 11.3 Å². The number of nitrogens with zero attached hydrogens (tertiary/aromatic N) is 2. The van der Waals surface area contributed by atoms with Gasteiger partial charge in [-0.15, -0.1) is 6.58 Å². The Morgan fingerprint density at radius 2 is 2.14 bits per heavy atom. The van der Waals surface area contributed by atoms with Crippen LogP contribution in [0.1, 0.15) is 33.6 Å². The van der Waals surface area contributed by atoms with Gasteiger partial charge in [0.05, 0.1) is 11.9 Å². The number of halogens is 2. The van der Waals surface area contributed by atoms with Crippen molar-refractivity contribution in [2.45, 2.75) is 33.6 Å². The Morgan fingerprint density at radius 3 is 2.71 bits per heavy atom. The molecule has 0 fully saturated rings. The van der Waals surface area contributed by atoms with Crippen molar-refractivity contribution < 1.29 is 8.78 Å². The Morgan fingerprint density at radius 1 is 1.48 bits per heavy atom. The number of pyridine rings is 1. The third-order valence-corrected chi connectivity index (χ3v) is 3.28. The van der Waals surface area contributed by atoms with E-state index in [9.17, 15) is 8.78 Å². The van der Waals surface area contributed by atoms with E-state index in [4.69, 9.17) is 0 Å². The molecule has 1 rings (SSSR count). The summed E-state index contributed by atoms with van der Waals surface area (Å²) in [6.45, 7) is 14.1. The summed E-state index contributed by atoms with van der Waals surface area (Å²) in [5.74, 6) is -2.07. The van der Waals surface area contributed by atoms with Crippen molar-refractivity contribution in [2.24, 2.45) is 16.3 Å². The standard InChI is InChI=1S/C17H22F2N2/c1-6-7-17(4,5)9-12(2)13(3)10-20-14-8-15(18)16(19)21-11-14/h6,8,10-11,13H,1-2,7,9H2,3-5H3/b20-10+. The van der Waals surface area contributed by atoms with E-state index < -0.39 is 11.8 Å². The minimum Gasteiger partial charge on any atom is -0.259 e. The van der Waals surface area contributed by atoms with Crippen molar-refractivity contribution in [1.29, 1.82) is 0 Å². The Bertz CT molecular complexity index is 548. The van der Waals surface area contributed by atoms with Gasteiger partial charge in [0, 0.05) is 18.2 Å². The molecular weight excluding hydrogens is 270 g/mol. The van der Waals surface area contributed by atoms with Gasteiger partial charge in [0.25, 0.3) is 0 Å². The van der Waals surface area contributed by atoms with E-state index >= 15 is 0 Å². The maximum absolute atomic E-state index is 13.0. The molecule has 0 bridgehead atoms. The van der Waals surface area contributed by atoms with Crippen molar-refractivity contribution in [1.82, 2.24) is 4.98 Å². The van der Waals surface area contributed by atoms with Crippen molar-refractivity contribution >= 4 is 11.9 Å². The first-order chi connectivity index (χ1) is 9.75. The molecule has 1 unspecified atom stereocenters. The van der Waals surface area contributed by atoms with Crippen LogP contribution in [0.15, 0.2) is 42.1 Å². The van der Waals surface area contributed by atoms with E-state index in [1.54, 1.807) is 6.21 Å². The van der Waals surface area contributed by atoms with E-state index in [0.29, 0.717) is 5.69 Å². The zero-order valence-electron chi connectivity index (χ0n) is 12.9. The van der Waals surface area contributed by atoms with Crippen LogP contribution in [0.4, 0.5) is 14.5 Å². The van der Waals surface area contributed by atoms with Gasteiger partial charge in [-0.2, -0.15) is 4.39 Å². The maximum Gasteiger partial charge on any atom is 0.249 e. The SMILES string of the molecule is C=CCC(C)(C)CC(=C)C(C)/C=N/c1cnc(F)c(F)c1. The zero-order chi connectivity index (χ0) is 16.0. The lowest BCUT2D eigenvalue weighted by Gasteiger charge is -2.25. The van der Waals surface area contributed by atoms with Crippen LogP contribution in [0, 0.1) is 23.1 Å². The van der Waals surface area contributed by atoms with Crippen LogP contribution in [0.3, 0.4) is 0 Å². The van der Waals surface area contributed by atoms with Crippen molar-refractivity contribution in [3.05, 3.63) is 48.8 Å². The summed E-state index contributed by atoms with van der Waals surface area (Å²) in [6, 6.07) is 1.02. The zero-order valence-corrected chi connectivity index (χ0v) is 12.9. The van der Waals surface area contributed by atoms with E-state index in [2.05, 4.69) is 37.0 Å². The van der Waals surface area contributed by atoms with Gasteiger partial charge in [-0.05, 0) is 18.3 Å². The van der Waals surface area contributed by atoms with Gasteiger partial charge in [0.1, 0.15) is 0 Å². The molecule has 1 aromatic heterocycles. The lowest BCUT2D eigenvalue weighted by atomic mass is 9.80. The summed E-state index contributed by atoms with van der Waals surface area (Å²) in [4.78, 5) is 7.43. The highest BCUT2D eigenvalue weighted by Gasteiger charge is 2.19. The lowest BCUT2D eigenvalue weighted by molar-refractivity contribution is 0.361. The summed E-state index contributed by atoms with van der Waals surface area (Å²) in [7, 11) is 0. The van der Waals surface area contributed by atoms with Crippen LogP contribution >= 0.6 is 0 Å². The first-order valence-electron chi connectivity index (χ1n) is 6.89. The molecule has 21 heavy (non-hydrogen) atoms. The molecule has 1 aromatic rings. The third-order valence-electron chi connectivity index (χ3n) is 3.28. The van der Waals surface area contributed by atoms with Crippen molar-refractivity contribution in [3.8, 4) is 0 Å². The molecule has 4 heteroatoms. The number of hydrogen-bond donors (Lipinski definition) is 0. The van der Waals surface area contributed by atoms with Crippen LogP contribution in [0.25, 0.3) is 0 Å². The van der Waals surface area contributed by atoms with Crippen LogP contribution in [0.5, 0.6) is 0 Å². The average molecular weight is 292 g/mol. The van der Waals surface area contributed by atoms with Crippen molar-refractivity contribution in [2.75, 3.05) is 0 Å². The number of aromatic nitrogens is 1. The molecular formula is C17H22F2N2. The predicted molar refractivity (Wildman–Crippen MR) is 83.8 cm³/mol. The van der Waals surface area contributed by atoms with Crippen LogP contribution in [-0.4, -0.2) is 11.2 Å². The third kappa shape index (κ3) is 5.58. The minimum atomic E-state index is -1.11. The van der Waals surface area contributed by atoms with Crippen molar-refractivity contribution in [3.63, 3.8) is 0 Å². The first kappa shape index (κ1) is 17.2. The summed E-state index contributed by atoms with van der Waals surface area (Å²) in [5, 5.41) is 0. The summed E-state index contributed by atoms with van der Waals surface area (Å²) < 4.78 is 25.8. The summed E-state index contributed by atoms with van der Waals surface area (Å²) in [6.07, 6.45) is 6.54. The molecule has 0 N–H and O–H groups in total. The molecule has 0 aliphatic carbocycles. The molecule has 0 radical (unpaired) electrons. The molecule has 2 nitrogen and oxygen atoms in total. The minimum absolute atomic E-state index is 0.0437. The molecule has 0 aromatic carbocycles. The van der Waals surface area contributed by atoms with Gasteiger partial charge in [-0.25, -0.2) is 9.37 Å². The highest BCUT2D eigenvalue weighted by Crippen LogP contribution is 2.31. The molecule has 1 atom stereocenters. The molecule has 0 spiro atoms. The molecule has 0 amide bonds. The molecule has 0 aliphatic heterocycles. The fourth-order valence-corrected chi connectivity index (χ4v) is 2.02. The topological polar surface area (TPSA) is 25.2 Å². The normalized spacial score (nSPS) is 13.4. The Balaban J connectivity index is 2.69. The highest BCUT2D eigenvalue weighted by molar-refractivity contribution is 5.68. The van der Waals surface area contributed by atoms with Crippen LogP contribution in [0.2, 0.25) is 0 Å². The van der Waals surface area contributed by atoms with Gasteiger partial charge in [0.2, 0.25) is 5.95 Å². The van der Waals surface area contributed by atoms with Gasteiger partial charge >= 0.3 is 0 Å². The quantitative estimate of drug-likeness (QED) is 0.383. The molecule has 0 aliphatic rings. The van der Waals surface area contributed by atoms with E-state index in [1.165, 1.54) is 6.20 Å². The summed E-state index contributed by atoms with van der Waals surface area (Å²) >= 11 is 0. The number of rotatable bonds is 7. The molecule has 114 valence electrons. The van der Waals surface area contributed by atoms with Gasteiger partial charge in [-0.3, -0.25) is 4.99 Å².